The molecule has 0 bridgehead atoms. The number of carbonyl (C=O) groups excluding carboxylic acids is 1. The Morgan fingerprint density at radius 2 is 1.50 bits per heavy atom. The van der Waals surface area contributed by atoms with Crippen molar-refractivity contribution < 1.29 is 4.79 Å². The molecule has 0 aliphatic heterocycles. The molecule has 0 unspecified atom stereocenters. The molecule has 0 atom stereocenters. The van der Waals surface area contributed by atoms with Gasteiger partial charge in [-0.25, -0.2) is 4.68 Å². The second kappa shape index (κ2) is 8.66. The first-order valence-corrected chi connectivity index (χ1v) is 9.93. The highest BCUT2D eigenvalue weighted by atomic mass is 16.1. The molecule has 0 saturated heterocycles. The van der Waals surface area contributed by atoms with E-state index in [1.54, 1.807) is 0 Å². The fourth-order valence-corrected chi connectivity index (χ4v) is 3.51. The fraction of sp³-hybridized carbons (Fsp3) is 0.120. The van der Waals surface area contributed by atoms with Crippen molar-refractivity contribution in [3.8, 4) is 16.8 Å². The summed E-state index contributed by atoms with van der Waals surface area (Å²) in [6, 6.07) is 28.0. The van der Waals surface area contributed by atoms with Crippen LogP contribution in [0, 0.1) is 13.8 Å². The number of rotatable bonds is 6. The predicted octanol–water partition coefficient (Wildman–Crippen LogP) is 5.21. The minimum Gasteiger partial charge on any atom is -0.376 e. The van der Waals surface area contributed by atoms with E-state index in [0.29, 0.717) is 0 Å². The first-order valence-electron chi connectivity index (χ1n) is 9.93. The van der Waals surface area contributed by atoms with Crippen molar-refractivity contribution in [2.24, 2.45) is 0 Å². The summed E-state index contributed by atoms with van der Waals surface area (Å²) in [6.07, 6.45) is 0. The summed E-state index contributed by atoms with van der Waals surface area (Å²) < 4.78 is 1.85. The quantitative estimate of drug-likeness (QED) is 0.471. The van der Waals surface area contributed by atoms with E-state index in [-0.39, 0.29) is 12.5 Å². The molecule has 1 aromatic heterocycles. The van der Waals surface area contributed by atoms with Gasteiger partial charge in [0, 0.05) is 11.3 Å². The second-order valence-electron chi connectivity index (χ2n) is 7.11. The van der Waals surface area contributed by atoms with Crippen LogP contribution in [0.15, 0.2) is 84.9 Å². The minimum absolute atomic E-state index is 0.114. The summed E-state index contributed by atoms with van der Waals surface area (Å²) in [6.45, 7) is 4.03. The molecule has 0 aliphatic carbocycles. The van der Waals surface area contributed by atoms with Crippen molar-refractivity contribution >= 4 is 17.3 Å². The highest BCUT2D eigenvalue weighted by Gasteiger charge is 2.15. The molecule has 3 aromatic carbocycles. The Morgan fingerprint density at radius 3 is 2.23 bits per heavy atom. The number of anilines is 2. The largest absolute Gasteiger partial charge is 0.376 e. The smallest absolute Gasteiger partial charge is 0.243 e. The summed E-state index contributed by atoms with van der Waals surface area (Å²) in [5.74, 6) is -0.114. The average molecular weight is 396 g/mol. The maximum atomic E-state index is 12.7. The monoisotopic (exact) mass is 396 g/mol. The Morgan fingerprint density at radius 1 is 0.867 bits per heavy atom. The van der Waals surface area contributed by atoms with Gasteiger partial charge in [-0.3, -0.25) is 4.79 Å². The number of hydrogen-bond donors (Lipinski definition) is 2. The standard InChI is InChI=1S/C25H24N4O/c1-18-25(19(2)29(28-18)21-13-7-4-8-14-21)27-24(30)17-26-23-16-10-9-15-22(23)20-11-5-3-6-12-20/h3-16,26H,17H2,1-2H3,(H,27,30). The van der Waals surface area contributed by atoms with Gasteiger partial charge in [0.2, 0.25) is 5.91 Å². The molecule has 4 aromatic rings. The van der Waals surface area contributed by atoms with Crippen molar-refractivity contribution in [1.29, 1.82) is 0 Å². The molecule has 5 heteroatoms. The number of nitrogens with zero attached hydrogens (tertiary/aromatic N) is 2. The van der Waals surface area contributed by atoms with Crippen molar-refractivity contribution in [3.05, 3.63) is 96.3 Å². The third-order valence-electron chi connectivity index (χ3n) is 5.01. The minimum atomic E-state index is -0.114. The number of aryl methyl sites for hydroxylation is 1. The van der Waals surface area contributed by atoms with Gasteiger partial charge < -0.3 is 10.6 Å². The number of carbonyl (C=O) groups is 1. The molecular formula is C25H24N4O. The number of aromatic nitrogens is 2. The number of amides is 1. The van der Waals surface area contributed by atoms with E-state index in [2.05, 4.69) is 27.9 Å². The van der Waals surface area contributed by atoms with Gasteiger partial charge in [-0.2, -0.15) is 5.10 Å². The van der Waals surface area contributed by atoms with Gasteiger partial charge in [-0.15, -0.1) is 0 Å². The van der Waals surface area contributed by atoms with Gasteiger partial charge in [-0.1, -0.05) is 66.7 Å². The van der Waals surface area contributed by atoms with Crippen LogP contribution in [0.2, 0.25) is 0 Å². The van der Waals surface area contributed by atoms with Crippen LogP contribution in [0.25, 0.3) is 16.8 Å². The van der Waals surface area contributed by atoms with Crippen LogP contribution < -0.4 is 10.6 Å². The molecule has 0 saturated carbocycles. The van der Waals surface area contributed by atoms with Crippen LogP contribution in [0.5, 0.6) is 0 Å². The van der Waals surface area contributed by atoms with Crippen molar-refractivity contribution in [2.45, 2.75) is 13.8 Å². The molecule has 150 valence electrons. The molecule has 0 radical (unpaired) electrons. The molecule has 0 fully saturated rings. The Bertz CT molecular complexity index is 1150. The van der Waals surface area contributed by atoms with Crippen molar-refractivity contribution in [2.75, 3.05) is 17.2 Å². The Hall–Kier alpha value is -3.86. The third kappa shape index (κ3) is 4.10. The molecule has 4 rings (SSSR count). The van der Waals surface area contributed by atoms with E-state index in [1.165, 1.54) is 0 Å². The maximum absolute atomic E-state index is 12.7. The maximum Gasteiger partial charge on any atom is 0.243 e. The fourth-order valence-electron chi connectivity index (χ4n) is 3.51. The number of hydrogen-bond acceptors (Lipinski definition) is 3. The highest BCUT2D eigenvalue weighted by Crippen LogP contribution is 2.27. The Labute approximate surface area is 176 Å². The first kappa shape index (κ1) is 19.5. The van der Waals surface area contributed by atoms with Crippen molar-refractivity contribution in [3.63, 3.8) is 0 Å². The van der Waals surface area contributed by atoms with Crippen molar-refractivity contribution in [1.82, 2.24) is 9.78 Å². The predicted molar refractivity (Wildman–Crippen MR) is 122 cm³/mol. The summed E-state index contributed by atoms with van der Waals surface area (Å²) >= 11 is 0. The van der Waals surface area contributed by atoms with Gasteiger partial charge in [0.25, 0.3) is 0 Å². The molecule has 5 nitrogen and oxygen atoms in total. The number of para-hydroxylation sites is 2. The van der Waals surface area contributed by atoms with Crippen LogP contribution in [0.1, 0.15) is 11.4 Å². The zero-order chi connectivity index (χ0) is 20.9. The topological polar surface area (TPSA) is 59.0 Å². The highest BCUT2D eigenvalue weighted by molar-refractivity contribution is 5.95. The summed E-state index contributed by atoms with van der Waals surface area (Å²) in [5.41, 5.74) is 6.50. The van der Waals surface area contributed by atoms with E-state index < -0.39 is 0 Å². The lowest BCUT2D eigenvalue weighted by Crippen LogP contribution is -2.22. The lowest BCUT2D eigenvalue weighted by molar-refractivity contribution is -0.114. The second-order valence-corrected chi connectivity index (χ2v) is 7.11. The zero-order valence-electron chi connectivity index (χ0n) is 17.1. The lowest BCUT2D eigenvalue weighted by Gasteiger charge is -2.12. The van der Waals surface area contributed by atoms with Gasteiger partial charge in [0.1, 0.15) is 0 Å². The molecule has 2 N–H and O–H groups in total. The van der Waals surface area contributed by atoms with E-state index in [9.17, 15) is 4.79 Å². The molecule has 1 amide bonds. The average Bonchev–Trinajstić information content (AvgIpc) is 3.07. The first-order chi connectivity index (χ1) is 14.6. The Kier molecular flexibility index (Phi) is 5.61. The summed E-state index contributed by atoms with van der Waals surface area (Å²) in [4.78, 5) is 12.7. The van der Waals surface area contributed by atoms with E-state index in [1.807, 2.05) is 91.3 Å². The SMILES string of the molecule is Cc1nn(-c2ccccc2)c(C)c1NC(=O)CNc1ccccc1-c1ccccc1. The van der Waals surface area contributed by atoms with Crippen LogP contribution in [-0.2, 0) is 4.79 Å². The summed E-state index contributed by atoms with van der Waals surface area (Å²) in [7, 11) is 0. The van der Waals surface area contributed by atoms with E-state index in [4.69, 9.17) is 0 Å². The molecule has 1 heterocycles. The lowest BCUT2D eigenvalue weighted by atomic mass is 10.0. The van der Waals surface area contributed by atoms with Gasteiger partial charge >= 0.3 is 0 Å². The Balaban J connectivity index is 1.48. The third-order valence-corrected chi connectivity index (χ3v) is 5.01. The normalized spacial score (nSPS) is 10.6. The van der Waals surface area contributed by atoms with E-state index >= 15 is 0 Å². The van der Waals surface area contributed by atoms with E-state index in [0.717, 1.165) is 39.6 Å². The zero-order valence-corrected chi connectivity index (χ0v) is 17.1. The molecule has 0 aliphatic rings. The molecule has 0 spiro atoms. The summed E-state index contributed by atoms with van der Waals surface area (Å²) in [5, 5.41) is 10.9. The van der Waals surface area contributed by atoms with Crippen LogP contribution >= 0.6 is 0 Å². The van der Waals surface area contributed by atoms with Crippen LogP contribution in [-0.4, -0.2) is 22.2 Å². The molecule has 30 heavy (non-hydrogen) atoms. The number of nitrogens with one attached hydrogen (secondary N) is 2. The van der Waals surface area contributed by atoms with Gasteiger partial charge in [-0.05, 0) is 37.6 Å². The van der Waals surface area contributed by atoms with Gasteiger partial charge in [0.05, 0.1) is 29.3 Å². The van der Waals surface area contributed by atoms with Gasteiger partial charge in [0.15, 0.2) is 0 Å². The van der Waals surface area contributed by atoms with Crippen LogP contribution in [0.3, 0.4) is 0 Å². The number of benzene rings is 3. The molecular weight excluding hydrogens is 372 g/mol. The van der Waals surface area contributed by atoms with Crippen LogP contribution in [0.4, 0.5) is 11.4 Å².